The van der Waals surface area contributed by atoms with Crippen LogP contribution in [0.1, 0.15) is 16.7 Å². The van der Waals surface area contributed by atoms with Gasteiger partial charge in [0.15, 0.2) is 5.84 Å². The van der Waals surface area contributed by atoms with Gasteiger partial charge in [0.25, 0.3) is 0 Å². The molecule has 0 unspecified atom stereocenters. The third kappa shape index (κ3) is 2.64. The lowest BCUT2D eigenvalue weighted by Crippen LogP contribution is -2.25. The highest BCUT2D eigenvalue weighted by molar-refractivity contribution is 6.10. The molecule has 4 rings (SSSR count). The lowest BCUT2D eigenvalue weighted by molar-refractivity contribution is 0.414. The van der Waals surface area contributed by atoms with Crippen molar-refractivity contribution in [2.75, 3.05) is 7.11 Å². The Morgan fingerprint density at radius 2 is 1.28 bits per heavy atom. The maximum Gasteiger partial charge on any atom is 0.159 e. The van der Waals surface area contributed by atoms with Gasteiger partial charge >= 0.3 is 0 Å². The van der Waals surface area contributed by atoms with Crippen LogP contribution in [0.5, 0.6) is 5.75 Å². The van der Waals surface area contributed by atoms with Gasteiger partial charge in [0.05, 0.1) is 12.7 Å². The highest BCUT2D eigenvalue weighted by Gasteiger charge is 2.36. The van der Waals surface area contributed by atoms with Gasteiger partial charge in [-0.3, -0.25) is 0 Å². The average molecular weight is 326 g/mol. The first-order chi connectivity index (χ1) is 12.3. The molecule has 0 bridgehead atoms. The van der Waals surface area contributed by atoms with Crippen molar-refractivity contribution in [3.05, 3.63) is 102 Å². The van der Waals surface area contributed by atoms with Crippen LogP contribution in [0, 0.1) is 0 Å². The Labute approximate surface area is 147 Å². The number of amidine groups is 1. The van der Waals surface area contributed by atoms with Gasteiger partial charge in [-0.2, -0.15) is 0 Å². The summed E-state index contributed by atoms with van der Waals surface area (Å²) < 4.78 is 5.48. The summed E-state index contributed by atoms with van der Waals surface area (Å²) in [6.07, 6.45) is 1.93. The van der Waals surface area contributed by atoms with Crippen LogP contribution in [0.25, 0.3) is 0 Å². The van der Waals surface area contributed by atoms with Gasteiger partial charge < -0.3 is 4.74 Å². The lowest BCUT2D eigenvalue weighted by atomic mass is 9.85. The van der Waals surface area contributed by atoms with E-state index in [2.05, 4.69) is 29.3 Å². The normalized spacial score (nSPS) is 15.0. The molecule has 3 aromatic rings. The third-order valence-electron chi connectivity index (χ3n) is 4.43. The standard InChI is InChI=1S/C22H18N2O/c1-25-20-15-9-8-14-19(20)21-23-16-22(24-21,17-10-4-2-5-11-17)18-12-6-3-7-13-18/h2-16H,1H3. The third-order valence-corrected chi connectivity index (χ3v) is 4.43. The summed E-state index contributed by atoms with van der Waals surface area (Å²) in [5.41, 5.74) is 2.47. The van der Waals surface area contributed by atoms with Gasteiger partial charge in [-0.25, -0.2) is 9.98 Å². The van der Waals surface area contributed by atoms with Crippen LogP contribution in [0.15, 0.2) is 94.9 Å². The maximum absolute atomic E-state index is 5.48. The molecule has 0 N–H and O–H groups in total. The number of para-hydroxylation sites is 1. The Bertz CT molecular complexity index is 891. The average Bonchev–Trinajstić information content (AvgIpc) is 3.16. The second kappa shape index (κ2) is 6.36. The maximum atomic E-state index is 5.48. The molecule has 0 saturated carbocycles. The number of methoxy groups -OCH3 is 1. The van der Waals surface area contributed by atoms with Crippen LogP contribution in [0.2, 0.25) is 0 Å². The molecule has 0 aliphatic carbocycles. The van der Waals surface area contributed by atoms with Crippen LogP contribution in [0.3, 0.4) is 0 Å². The molecule has 0 saturated heterocycles. The number of nitrogens with zero attached hydrogens (tertiary/aromatic N) is 2. The van der Waals surface area contributed by atoms with Crippen molar-refractivity contribution in [3.63, 3.8) is 0 Å². The van der Waals surface area contributed by atoms with Crippen LogP contribution in [-0.2, 0) is 5.54 Å². The number of ether oxygens (including phenoxy) is 1. The van der Waals surface area contributed by atoms with Crippen molar-refractivity contribution in [2.24, 2.45) is 9.98 Å². The Balaban J connectivity index is 1.90. The minimum atomic E-state index is -0.612. The fourth-order valence-electron chi connectivity index (χ4n) is 3.17. The zero-order chi connectivity index (χ0) is 17.1. The number of benzene rings is 3. The zero-order valence-corrected chi connectivity index (χ0v) is 14.0. The molecule has 0 amide bonds. The summed E-state index contributed by atoms with van der Waals surface area (Å²) in [5, 5.41) is 0. The first-order valence-electron chi connectivity index (χ1n) is 8.23. The molecule has 1 aliphatic rings. The molecule has 122 valence electrons. The van der Waals surface area contributed by atoms with Crippen molar-refractivity contribution in [2.45, 2.75) is 5.54 Å². The van der Waals surface area contributed by atoms with E-state index in [1.54, 1.807) is 7.11 Å². The quantitative estimate of drug-likeness (QED) is 0.696. The number of aliphatic imine (C=N–C) groups is 2. The first kappa shape index (κ1) is 15.3. The molecule has 3 aromatic carbocycles. The summed E-state index contributed by atoms with van der Waals surface area (Å²) >= 11 is 0. The smallest absolute Gasteiger partial charge is 0.159 e. The van der Waals surface area contributed by atoms with Crippen molar-refractivity contribution in [1.29, 1.82) is 0 Å². The van der Waals surface area contributed by atoms with E-state index in [9.17, 15) is 0 Å². The molecule has 0 fully saturated rings. The van der Waals surface area contributed by atoms with Crippen molar-refractivity contribution in [1.82, 2.24) is 0 Å². The largest absolute Gasteiger partial charge is 0.496 e. The van der Waals surface area contributed by atoms with E-state index in [0.29, 0.717) is 5.84 Å². The molecule has 25 heavy (non-hydrogen) atoms. The molecule has 1 heterocycles. The Morgan fingerprint density at radius 1 is 0.720 bits per heavy atom. The van der Waals surface area contributed by atoms with E-state index in [1.807, 2.05) is 66.9 Å². The summed E-state index contributed by atoms with van der Waals surface area (Å²) in [7, 11) is 1.67. The molecule has 1 aliphatic heterocycles. The van der Waals surface area contributed by atoms with Crippen molar-refractivity contribution < 1.29 is 4.74 Å². The summed E-state index contributed by atoms with van der Waals surface area (Å²) in [5.74, 6) is 1.46. The summed E-state index contributed by atoms with van der Waals surface area (Å²) in [6, 6.07) is 28.4. The Morgan fingerprint density at radius 3 is 1.88 bits per heavy atom. The van der Waals surface area contributed by atoms with E-state index in [0.717, 1.165) is 22.4 Å². The monoisotopic (exact) mass is 326 g/mol. The molecule has 3 heteroatoms. The lowest BCUT2D eigenvalue weighted by Gasteiger charge is -2.24. The van der Waals surface area contributed by atoms with Gasteiger partial charge in [0.1, 0.15) is 11.3 Å². The summed E-state index contributed by atoms with van der Waals surface area (Å²) in [4.78, 5) is 9.72. The van der Waals surface area contributed by atoms with Crippen LogP contribution < -0.4 is 4.74 Å². The second-order valence-corrected chi connectivity index (χ2v) is 5.89. The van der Waals surface area contributed by atoms with Gasteiger partial charge in [-0.15, -0.1) is 0 Å². The predicted octanol–water partition coefficient (Wildman–Crippen LogP) is 4.47. The van der Waals surface area contributed by atoms with Crippen LogP contribution >= 0.6 is 0 Å². The van der Waals surface area contributed by atoms with E-state index >= 15 is 0 Å². The highest BCUT2D eigenvalue weighted by Crippen LogP contribution is 2.37. The van der Waals surface area contributed by atoms with Crippen LogP contribution in [0.4, 0.5) is 0 Å². The van der Waals surface area contributed by atoms with Gasteiger partial charge in [0, 0.05) is 6.21 Å². The Kier molecular flexibility index (Phi) is 3.90. The number of hydrogen-bond acceptors (Lipinski definition) is 3. The number of hydrogen-bond donors (Lipinski definition) is 0. The Hall–Kier alpha value is -3.20. The summed E-state index contributed by atoms with van der Waals surface area (Å²) in [6.45, 7) is 0. The highest BCUT2D eigenvalue weighted by atomic mass is 16.5. The van der Waals surface area contributed by atoms with E-state index in [-0.39, 0.29) is 0 Å². The fourth-order valence-corrected chi connectivity index (χ4v) is 3.17. The minimum Gasteiger partial charge on any atom is -0.496 e. The zero-order valence-electron chi connectivity index (χ0n) is 14.0. The second-order valence-electron chi connectivity index (χ2n) is 5.89. The topological polar surface area (TPSA) is 34.0 Å². The van der Waals surface area contributed by atoms with E-state index < -0.39 is 5.54 Å². The molecule has 0 spiro atoms. The molecular weight excluding hydrogens is 308 g/mol. The molecular formula is C22H18N2O. The van der Waals surface area contributed by atoms with E-state index in [1.165, 1.54) is 0 Å². The number of rotatable bonds is 4. The van der Waals surface area contributed by atoms with Crippen LogP contribution in [-0.4, -0.2) is 19.2 Å². The molecule has 3 nitrogen and oxygen atoms in total. The fraction of sp³-hybridized carbons (Fsp3) is 0.0909. The molecule has 0 radical (unpaired) electrons. The predicted molar refractivity (Wildman–Crippen MR) is 102 cm³/mol. The minimum absolute atomic E-state index is 0.612. The van der Waals surface area contributed by atoms with Crippen molar-refractivity contribution in [3.8, 4) is 5.75 Å². The first-order valence-corrected chi connectivity index (χ1v) is 8.23. The molecule has 0 aromatic heterocycles. The van der Waals surface area contributed by atoms with Gasteiger partial charge in [-0.05, 0) is 23.3 Å². The van der Waals surface area contributed by atoms with Gasteiger partial charge in [0.2, 0.25) is 0 Å². The van der Waals surface area contributed by atoms with Crippen molar-refractivity contribution >= 4 is 12.1 Å². The van der Waals surface area contributed by atoms with E-state index in [4.69, 9.17) is 9.73 Å². The van der Waals surface area contributed by atoms with Gasteiger partial charge in [-0.1, -0.05) is 72.8 Å². The SMILES string of the molecule is COc1ccccc1C1=NC(c2ccccc2)(c2ccccc2)C=N1. The molecule has 0 atom stereocenters.